The number of hydrogen-bond donors (Lipinski definition) is 3. The molecule has 0 aromatic heterocycles. The van der Waals surface area contributed by atoms with Gasteiger partial charge in [-0.3, -0.25) is 9.59 Å². The van der Waals surface area contributed by atoms with Gasteiger partial charge in [0.25, 0.3) is 0 Å². The molecule has 39 heavy (non-hydrogen) atoms. The third kappa shape index (κ3) is 5.28. The highest BCUT2D eigenvalue weighted by Gasteiger charge is 2.53. The first kappa shape index (κ1) is 27.6. The number of morpholine rings is 1. The first-order valence-electron chi connectivity index (χ1n) is 13.2. The highest BCUT2D eigenvalue weighted by atomic mass is 32.2. The maximum atomic E-state index is 13.3. The van der Waals surface area contributed by atoms with E-state index < -0.39 is 21.5 Å². The fourth-order valence-corrected chi connectivity index (χ4v) is 7.05. The van der Waals surface area contributed by atoms with Crippen LogP contribution >= 0.6 is 0 Å². The Bertz CT molecular complexity index is 1400. The maximum absolute atomic E-state index is 13.3. The van der Waals surface area contributed by atoms with E-state index in [-0.39, 0.29) is 41.0 Å². The first-order chi connectivity index (χ1) is 18.4. The van der Waals surface area contributed by atoms with Gasteiger partial charge in [-0.05, 0) is 47.6 Å². The summed E-state index contributed by atoms with van der Waals surface area (Å²) in [4.78, 5) is 26.6. The fourth-order valence-electron chi connectivity index (χ4n) is 5.63. The lowest BCUT2D eigenvalue weighted by Crippen LogP contribution is -2.40. The molecule has 3 aliphatic rings. The van der Waals surface area contributed by atoms with Crippen molar-refractivity contribution in [3.8, 4) is 5.75 Å². The minimum Gasteiger partial charge on any atom is -0.495 e. The Morgan fingerprint density at radius 1 is 1.18 bits per heavy atom. The van der Waals surface area contributed by atoms with E-state index in [4.69, 9.17) is 9.47 Å². The lowest BCUT2D eigenvalue weighted by atomic mass is 9.78. The van der Waals surface area contributed by atoms with Crippen LogP contribution in [0, 0.1) is 5.41 Å². The topological polar surface area (TPSA) is 126 Å². The summed E-state index contributed by atoms with van der Waals surface area (Å²) in [5.41, 5.74) is 2.50. The predicted octanol–water partition coefficient (Wildman–Crippen LogP) is 2.50. The van der Waals surface area contributed by atoms with Crippen molar-refractivity contribution in [1.82, 2.24) is 9.62 Å². The summed E-state index contributed by atoms with van der Waals surface area (Å²) in [7, 11) is -2.29. The molecule has 2 aromatic carbocycles. The molecule has 0 saturated carbocycles. The third-order valence-electron chi connectivity index (χ3n) is 7.57. The molecule has 0 bridgehead atoms. The van der Waals surface area contributed by atoms with Gasteiger partial charge < -0.3 is 25.4 Å². The summed E-state index contributed by atoms with van der Waals surface area (Å²) in [5, 5.41) is 9.09. The van der Waals surface area contributed by atoms with E-state index in [9.17, 15) is 18.0 Å². The van der Waals surface area contributed by atoms with E-state index in [0.29, 0.717) is 31.9 Å². The number of rotatable bonds is 6. The maximum Gasteiger partial charge on any atom is 0.243 e. The second-order valence-corrected chi connectivity index (χ2v) is 13.6. The summed E-state index contributed by atoms with van der Waals surface area (Å²) < 4.78 is 38.2. The van der Waals surface area contributed by atoms with Gasteiger partial charge in [0.05, 0.1) is 42.4 Å². The average molecular weight is 557 g/mol. The number of ether oxygens (including phenoxy) is 2. The van der Waals surface area contributed by atoms with Gasteiger partial charge in [-0.25, -0.2) is 8.42 Å². The van der Waals surface area contributed by atoms with E-state index in [1.165, 1.54) is 29.6 Å². The number of hydrogen-bond acceptors (Lipinski definition) is 7. The Balaban J connectivity index is 1.33. The molecule has 1 spiro atoms. The Morgan fingerprint density at radius 3 is 2.62 bits per heavy atom. The predicted molar refractivity (Wildman–Crippen MR) is 148 cm³/mol. The van der Waals surface area contributed by atoms with Crippen molar-refractivity contribution in [2.45, 2.75) is 50.0 Å². The number of anilines is 2. The van der Waals surface area contributed by atoms with Gasteiger partial charge in [0.15, 0.2) is 0 Å². The zero-order valence-electron chi connectivity index (χ0n) is 22.8. The average Bonchev–Trinajstić information content (AvgIpc) is 3.46. The van der Waals surface area contributed by atoms with Gasteiger partial charge >= 0.3 is 0 Å². The molecule has 2 atom stereocenters. The van der Waals surface area contributed by atoms with Crippen LogP contribution in [0.5, 0.6) is 5.75 Å². The normalized spacial score (nSPS) is 23.5. The van der Waals surface area contributed by atoms with Gasteiger partial charge in [-0.2, -0.15) is 4.31 Å². The van der Waals surface area contributed by atoms with Crippen molar-refractivity contribution in [3.63, 3.8) is 0 Å². The van der Waals surface area contributed by atoms with E-state index in [1.807, 2.05) is 12.1 Å². The number of benzene rings is 2. The smallest absolute Gasteiger partial charge is 0.243 e. The van der Waals surface area contributed by atoms with Crippen LogP contribution < -0.4 is 20.7 Å². The van der Waals surface area contributed by atoms with Crippen molar-refractivity contribution < 1.29 is 27.5 Å². The van der Waals surface area contributed by atoms with Crippen molar-refractivity contribution >= 4 is 33.2 Å². The molecule has 2 amide bonds. The van der Waals surface area contributed by atoms with Crippen LogP contribution in [0.15, 0.2) is 41.3 Å². The molecule has 3 aliphatic heterocycles. The lowest BCUT2D eigenvalue weighted by molar-refractivity contribution is -0.120. The van der Waals surface area contributed by atoms with Crippen LogP contribution in [0.3, 0.4) is 0 Å². The fraction of sp³-hybridized carbons (Fsp3) is 0.500. The molecule has 11 heteroatoms. The second kappa shape index (κ2) is 10.2. The highest BCUT2D eigenvalue weighted by Crippen LogP contribution is 2.44. The van der Waals surface area contributed by atoms with Gasteiger partial charge in [-0.1, -0.05) is 32.9 Å². The minimum atomic E-state index is -3.72. The first-order valence-corrected chi connectivity index (χ1v) is 14.6. The number of nitrogens with one attached hydrogen (secondary N) is 3. The summed E-state index contributed by atoms with van der Waals surface area (Å²) in [6, 6.07) is 9.89. The molecule has 2 aromatic rings. The van der Waals surface area contributed by atoms with Crippen molar-refractivity contribution in [3.05, 3.63) is 47.5 Å². The van der Waals surface area contributed by atoms with Crippen molar-refractivity contribution in [2.24, 2.45) is 5.41 Å². The Hall–Kier alpha value is -2.99. The SMILES string of the molecule is COc1cc(S(=O)(=O)N2CCOCC2)ccc1NC(=O)C1CC2(CN1)C(=O)Nc1ccc(CC(C)(C)C)cc12. The van der Waals surface area contributed by atoms with Gasteiger partial charge in [0, 0.05) is 31.4 Å². The van der Waals surface area contributed by atoms with Crippen LogP contribution in [-0.2, 0) is 36.2 Å². The molecule has 0 radical (unpaired) electrons. The molecule has 2 saturated heterocycles. The zero-order chi connectivity index (χ0) is 28.0. The van der Waals surface area contributed by atoms with Crippen LogP contribution in [0.2, 0.25) is 0 Å². The van der Waals surface area contributed by atoms with E-state index in [2.05, 4.69) is 42.8 Å². The molecule has 3 heterocycles. The Kier molecular flexibility index (Phi) is 7.21. The summed E-state index contributed by atoms with van der Waals surface area (Å²) in [6.07, 6.45) is 1.18. The van der Waals surface area contributed by atoms with Crippen molar-refractivity contribution in [2.75, 3.05) is 50.6 Å². The third-order valence-corrected chi connectivity index (χ3v) is 9.47. The number of nitrogens with zero attached hydrogens (tertiary/aromatic N) is 1. The van der Waals surface area contributed by atoms with E-state index in [0.717, 1.165) is 23.2 Å². The molecule has 210 valence electrons. The molecular formula is C28H36N4O6S. The minimum absolute atomic E-state index is 0.0856. The molecule has 10 nitrogen and oxygen atoms in total. The molecule has 2 unspecified atom stereocenters. The standard InChI is InChI=1S/C28H36N4O6S/c1-27(2,3)15-18-5-7-21-20(13-18)28(26(34)31-21)16-23(29-17-28)25(33)30-22-8-6-19(14-24(22)37-4)39(35,36)32-9-11-38-12-10-32/h5-8,13-14,23,29H,9-12,15-17H2,1-4H3,(H,30,33)(H,31,34). The quantitative estimate of drug-likeness (QED) is 0.499. The Morgan fingerprint density at radius 2 is 1.92 bits per heavy atom. The lowest BCUT2D eigenvalue weighted by Gasteiger charge is -2.26. The molecule has 3 N–H and O–H groups in total. The van der Waals surface area contributed by atoms with Crippen LogP contribution in [0.4, 0.5) is 11.4 Å². The van der Waals surface area contributed by atoms with Crippen LogP contribution in [-0.4, -0.2) is 70.5 Å². The Labute approximate surface area is 229 Å². The van der Waals surface area contributed by atoms with Crippen LogP contribution in [0.1, 0.15) is 38.3 Å². The van der Waals surface area contributed by atoms with Crippen molar-refractivity contribution in [1.29, 1.82) is 0 Å². The number of sulfonamides is 1. The zero-order valence-corrected chi connectivity index (χ0v) is 23.6. The van der Waals surface area contributed by atoms with Gasteiger partial charge in [0.2, 0.25) is 21.8 Å². The number of carbonyl (C=O) groups is 2. The number of carbonyl (C=O) groups excluding carboxylic acids is 2. The molecule has 5 rings (SSSR count). The number of amides is 2. The largest absolute Gasteiger partial charge is 0.495 e. The molecular weight excluding hydrogens is 520 g/mol. The number of methoxy groups -OCH3 is 1. The summed E-state index contributed by atoms with van der Waals surface area (Å²) >= 11 is 0. The molecule has 2 fully saturated rings. The van der Waals surface area contributed by atoms with Gasteiger partial charge in [-0.15, -0.1) is 0 Å². The monoisotopic (exact) mass is 556 g/mol. The van der Waals surface area contributed by atoms with Crippen LogP contribution in [0.25, 0.3) is 0 Å². The van der Waals surface area contributed by atoms with E-state index in [1.54, 1.807) is 0 Å². The summed E-state index contributed by atoms with van der Waals surface area (Å²) in [5.74, 6) is -0.189. The van der Waals surface area contributed by atoms with Gasteiger partial charge in [0.1, 0.15) is 5.75 Å². The summed E-state index contributed by atoms with van der Waals surface area (Å²) in [6.45, 7) is 8.14. The van der Waals surface area contributed by atoms with E-state index >= 15 is 0 Å². The second-order valence-electron chi connectivity index (χ2n) is 11.7. The number of fused-ring (bicyclic) bond motifs is 2. The molecule has 0 aliphatic carbocycles. The highest BCUT2D eigenvalue weighted by molar-refractivity contribution is 7.89.